The second kappa shape index (κ2) is 5.10. The molecule has 1 heterocycles. The summed E-state index contributed by atoms with van der Waals surface area (Å²) in [5.41, 5.74) is 9.62. The zero-order valence-corrected chi connectivity index (χ0v) is 11.2. The third-order valence-corrected chi connectivity index (χ3v) is 3.02. The van der Waals surface area contributed by atoms with E-state index >= 15 is 0 Å². The molecule has 2 N–H and O–H groups in total. The minimum atomic E-state index is -0.476. The van der Waals surface area contributed by atoms with Crippen LogP contribution in [-0.4, -0.2) is 18.0 Å². The number of aryl methyl sites for hydroxylation is 2. The van der Waals surface area contributed by atoms with E-state index in [1.165, 1.54) is 6.20 Å². The van der Waals surface area contributed by atoms with Gasteiger partial charge < -0.3 is 10.5 Å². The average molecular weight is 256 g/mol. The number of primary amides is 1. The highest BCUT2D eigenvalue weighted by Gasteiger charge is 2.09. The molecule has 0 atom stereocenters. The number of aromatic nitrogens is 1. The SMILES string of the molecule is COc1c(C)cc(-c2cncc(C(N)=O)c2)cc1C. The lowest BCUT2D eigenvalue weighted by Crippen LogP contribution is -2.11. The fourth-order valence-corrected chi connectivity index (χ4v) is 2.17. The Bertz CT molecular complexity index is 613. The van der Waals surface area contributed by atoms with E-state index in [2.05, 4.69) is 4.98 Å². The Labute approximate surface area is 112 Å². The molecule has 1 amide bonds. The largest absolute Gasteiger partial charge is 0.496 e. The molecular formula is C15H16N2O2. The molecule has 0 bridgehead atoms. The molecule has 1 aromatic heterocycles. The number of rotatable bonds is 3. The van der Waals surface area contributed by atoms with Crippen molar-refractivity contribution in [2.75, 3.05) is 7.11 Å². The van der Waals surface area contributed by atoms with Crippen LogP contribution in [0.25, 0.3) is 11.1 Å². The van der Waals surface area contributed by atoms with Crippen LogP contribution in [0.4, 0.5) is 0 Å². The molecule has 98 valence electrons. The smallest absolute Gasteiger partial charge is 0.250 e. The van der Waals surface area contributed by atoms with Crippen LogP contribution < -0.4 is 10.5 Å². The third-order valence-electron chi connectivity index (χ3n) is 3.02. The number of hydrogen-bond donors (Lipinski definition) is 1. The quantitative estimate of drug-likeness (QED) is 0.917. The molecule has 19 heavy (non-hydrogen) atoms. The molecule has 2 aromatic rings. The highest BCUT2D eigenvalue weighted by atomic mass is 16.5. The summed E-state index contributed by atoms with van der Waals surface area (Å²) in [6.07, 6.45) is 3.18. The van der Waals surface area contributed by atoms with Gasteiger partial charge in [0.15, 0.2) is 0 Å². The molecule has 0 spiro atoms. The number of carbonyl (C=O) groups excluding carboxylic acids is 1. The fourth-order valence-electron chi connectivity index (χ4n) is 2.17. The maximum atomic E-state index is 11.2. The van der Waals surface area contributed by atoms with Gasteiger partial charge in [-0.15, -0.1) is 0 Å². The number of nitrogens with zero attached hydrogens (tertiary/aromatic N) is 1. The third kappa shape index (κ3) is 2.57. The predicted octanol–water partition coefficient (Wildman–Crippen LogP) is 2.47. The van der Waals surface area contributed by atoms with E-state index in [9.17, 15) is 4.79 Å². The number of methoxy groups -OCH3 is 1. The minimum absolute atomic E-state index is 0.406. The molecule has 4 nitrogen and oxygen atoms in total. The van der Waals surface area contributed by atoms with E-state index in [4.69, 9.17) is 10.5 Å². The summed E-state index contributed by atoms with van der Waals surface area (Å²) in [5, 5.41) is 0. The molecule has 2 rings (SSSR count). The zero-order valence-electron chi connectivity index (χ0n) is 11.2. The first-order valence-corrected chi connectivity index (χ1v) is 5.93. The molecule has 0 saturated heterocycles. The van der Waals surface area contributed by atoms with Crippen molar-refractivity contribution < 1.29 is 9.53 Å². The molecule has 0 saturated carbocycles. The van der Waals surface area contributed by atoms with Gasteiger partial charge in [0.2, 0.25) is 5.91 Å². The first-order chi connectivity index (χ1) is 9.02. The summed E-state index contributed by atoms with van der Waals surface area (Å²) in [6.45, 7) is 3.97. The normalized spacial score (nSPS) is 10.3. The summed E-state index contributed by atoms with van der Waals surface area (Å²) in [4.78, 5) is 15.2. The summed E-state index contributed by atoms with van der Waals surface area (Å²) in [7, 11) is 1.66. The molecule has 0 radical (unpaired) electrons. The molecule has 0 fully saturated rings. The van der Waals surface area contributed by atoms with Crippen molar-refractivity contribution in [1.82, 2.24) is 4.98 Å². The lowest BCUT2D eigenvalue weighted by Gasteiger charge is -2.11. The van der Waals surface area contributed by atoms with Crippen molar-refractivity contribution in [1.29, 1.82) is 0 Å². The van der Waals surface area contributed by atoms with Crippen molar-refractivity contribution in [2.24, 2.45) is 5.73 Å². The number of pyridine rings is 1. The highest BCUT2D eigenvalue weighted by Crippen LogP contribution is 2.29. The highest BCUT2D eigenvalue weighted by molar-refractivity contribution is 5.93. The van der Waals surface area contributed by atoms with Crippen LogP contribution in [0, 0.1) is 13.8 Å². The van der Waals surface area contributed by atoms with Crippen LogP contribution >= 0.6 is 0 Å². The topological polar surface area (TPSA) is 65.2 Å². The van der Waals surface area contributed by atoms with Crippen LogP contribution in [0.5, 0.6) is 5.75 Å². The van der Waals surface area contributed by atoms with Crippen molar-refractivity contribution in [2.45, 2.75) is 13.8 Å². The number of nitrogens with two attached hydrogens (primary N) is 1. The summed E-state index contributed by atoms with van der Waals surface area (Å²) in [6, 6.07) is 5.76. The first kappa shape index (κ1) is 13.1. The second-order valence-corrected chi connectivity index (χ2v) is 4.47. The Kier molecular flexibility index (Phi) is 3.51. The second-order valence-electron chi connectivity index (χ2n) is 4.47. The Hall–Kier alpha value is -2.36. The van der Waals surface area contributed by atoms with Gasteiger partial charge in [-0.25, -0.2) is 0 Å². The van der Waals surface area contributed by atoms with Crippen LogP contribution in [-0.2, 0) is 0 Å². The summed E-state index contributed by atoms with van der Waals surface area (Å²) >= 11 is 0. The monoisotopic (exact) mass is 256 g/mol. The van der Waals surface area contributed by atoms with Gasteiger partial charge in [0, 0.05) is 18.0 Å². The van der Waals surface area contributed by atoms with Crippen molar-refractivity contribution in [3.8, 4) is 16.9 Å². The first-order valence-electron chi connectivity index (χ1n) is 5.93. The van der Waals surface area contributed by atoms with Gasteiger partial charge in [-0.1, -0.05) is 0 Å². The zero-order chi connectivity index (χ0) is 14.0. The van der Waals surface area contributed by atoms with Crippen LogP contribution in [0.15, 0.2) is 30.6 Å². The lowest BCUT2D eigenvalue weighted by atomic mass is 10.00. The summed E-state index contributed by atoms with van der Waals surface area (Å²) < 4.78 is 5.34. The van der Waals surface area contributed by atoms with Crippen molar-refractivity contribution in [3.05, 3.63) is 47.3 Å². The van der Waals surface area contributed by atoms with E-state index in [1.54, 1.807) is 19.4 Å². The number of hydrogen-bond acceptors (Lipinski definition) is 3. The standard InChI is InChI=1S/C15H16N2O2/c1-9-4-11(5-10(2)14(9)19-3)12-6-13(15(16)18)8-17-7-12/h4-8H,1-3H3,(H2,16,18). The van der Waals surface area contributed by atoms with Crippen LogP contribution in [0.1, 0.15) is 21.5 Å². The van der Waals surface area contributed by atoms with E-state index < -0.39 is 5.91 Å². The Morgan fingerprint density at radius 2 is 1.74 bits per heavy atom. The molecule has 0 unspecified atom stereocenters. The minimum Gasteiger partial charge on any atom is -0.496 e. The van der Waals surface area contributed by atoms with E-state index in [1.807, 2.05) is 26.0 Å². The maximum absolute atomic E-state index is 11.2. The fraction of sp³-hybridized carbons (Fsp3) is 0.200. The van der Waals surface area contributed by atoms with Gasteiger partial charge in [-0.2, -0.15) is 0 Å². The van der Waals surface area contributed by atoms with E-state index in [-0.39, 0.29) is 0 Å². The molecule has 4 heteroatoms. The van der Waals surface area contributed by atoms with Crippen molar-refractivity contribution >= 4 is 5.91 Å². The van der Waals surface area contributed by atoms with Gasteiger partial charge >= 0.3 is 0 Å². The molecule has 0 aliphatic heterocycles. The van der Waals surface area contributed by atoms with Crippen LogP contribution in [0.2, 0.25) is 0 Å². The van der Waals surface area contributed by atoms with Gasteiger partial charge in [-0.05, 0) is 48.7 Å². The van der Waals surface area contributed by atoms with Gasteiger partial charge in [0.25, 0.3) is 0 Å². The Morgan fingerprint density at radius 1 is 1.11 bits per heavy atom. The predicted molar refractivity (Wildman–Crippen MR) is 74.2 cm³/mol. The molecular weight excluding hydrogens is 240 g/mol. The summed E-state index contributed by atoms with van der Waals surface area (Å²) in [5.74, 6) is 0.402. The molecule has 0 aliphatic carbocycles. The van der Waals surface area contributed by atoms with Gasteiger partial charge in [-0.3, -0.25) is 9.78 Å². The Morgan fingerprint density at radius 3 is 2.26 bits per heavy atom. The number of amides is 1. The number of carbonyl (C=O) groups is 1. The number of benzene rings is 1. The van der Waals surface area contributed by atoms with Gasteiger partial charge in [0.1, 0.15) is 5.75 Å². The maximum Gasteiger partial charge on any atom is 0.250 e. The number of ether oxygens (including phenoxy) is 1. The van der Waals surface area contributed by atoms with E-state index in [0.717, 1.165) is 28.0 Å². The molecule has 0 aliphatic rings. The van der Waals surface area contributed by atoms with Crippen LogP contribution in [0.3, 0.4) is 0 Å². The average Bonchev–Trinajstić information content (AvgIpc) is 2.38. The van der Waals surface area contributed by atoms with E-state index in [0.29, 0.717) is 5.56 Å². The molecule has 1 aromatic carbocycles. The Balaban J connectivity index is 2.53. The van der Waals surface area contributed by atoms with Crippen molar-refractivity contribution in [3.63, 3.8) is 0 Å². The lowest BCUT2D eigenvalue weighted by molar-refractivity contribution is 0.1000. The van der Waals surface area contributed by atoms with Gasteiger partial charge in [0.05, 0.1) is 12.7 Å².